The second-order valence-electron chi connectivity index (χ2n) is 8.09. The van der Waals surface area contributed by atoms with Gasteiger partial charge in [-0.15, -0.1) is 0 Å². The maximum absolute atomic E-state index is 12.5. The molecule has 0 aliphatic heterocycles. The number of halogens is 1. The van der Waals surface area contributed by atoms with Gasteiger partial charge < -0.3 is 20.5 Å². The Morgan fingerprint density at radius 3 is 2.41 bits per heavy atom. The Hall–Kier alpha value is -1.79. The van der Waals surface area contributed by atoms with E-state index in [1.54, 1.807) is 39.0 Å². The highest BCUT2D eigenvalue weighted by Gasteiger charge is 2.23. The van der Waals surface area contributed by atoms with Crippen LogP contribution < -0.4 is 10.6 Å². The Bertz CT molecular complexity index is 679. The van der Waals surface area contributed by atoms with Crippen molar-refractivity contribution >= 4 is 23.6 Å². The molecule has 1 atom stereocenters. The number of hydrogen-bond donors (Lipinski definition) is 3. The summed E-state index contributed by atoms with van der Waals surface area (Å²) < 4.78 is 5.25. The predicted molar refractivity (Wildman–Crippen MR) is 105 cm³/mol. The van der Waals surface area contributed by atoms with Crippen LogP contribution in [0.4, 0.5) is 4.79 Å². The first kappa shape index (κ1) is 21.5. The number of aliphatic hydroxyl groups excluding tert-OH is 1. The van der Waals surface area contributed by atoms with Crippen molar-refractivity contribution in [1.82, 2.24) is 10.6 Å². The van der Waals surface area contributed by atoms with Gasteiger partial charge in [-0.2, -0.15) is 0 Å². The molecular weight excluding hydrogens is 368 g/mol. The Morgan fingerprint density at radius 2 is 1.85 bits per heavy atom. The lowest BCUT2D eigenvalue weighted by Gasteiger charge is -2.26. The topological polar surface area (TPSA) is 87.7 Å². The van der Waals surface area contributed by atoms with Crippen molar-refractivity contribution < 1.29 is 19.4 Å². The zero-order valence-electron chi connectivity index (χ0n) is 16.3. The van der Waals surface area contributed by atoms with Gasteiger partial charge in [-0.1, -0.05) is 17.7 Å². The van der Waals surface area contributed by atoms with Crippen LogP contribution in [0, 0.1) is 0 Å². The summed E-state index contributed by atoms with van der Waals surface area (Å²) in [6.45, 7) is 7.22. The molecule has 2 rings (SSSR count). The van der Waals surface area contributed by atoms with Crippen LogP contribution >= 0.6 is 11.6 Å². The number of alkyl carbamates (subject to hydrolysis) is 1. The lowest BCUT2D eigenvalue weighted by Crippen LogP contribution is -2.38. The Balaban J connectivity index is 1.97. The first-order valence-electron chi connectivity index (χ1n) is 9.33. The van der Waals surface area contributed by atoms with Gasteiger partial charge in [0.2, 0.25) is 0 Å². The van der Waals surface area contributed by atoms with Crippen LogP contribution in [0.1, 0.15) is 75.3 Å². The fraction of sp³-hybridized carbons (Fsp3) is 0.600. The van der Waals surface area contributed by atoms with Crippen molar-refractivity contribution in [3.63, 3.8) is 0 Å². The molecule has 0 heterocycles. The fourth-order valence-electron chi connectivity index (χ4n) is 3.04. The third-order valence-corrected chi connectivity index (χ3v) is 4.82. The monoisotopic (exact) mass is 396 g/mol. The highest BCUT2D eigenvalue weighted by Crippen LogP contribution is 2.24. The van der Waals surface area contributed by atoms with E-state index in [1.807, 2.05) is 6.92 Å². The molecule has 6 nitrogen and oxygen atoms in total. The van der Waals surface area contributed by atoms with E-state index in [0.29, 0.717) is 23.4 Å². The number of carbonyl (C=O) groups excluding carboxylic acids is 2. The molecule has 1 aliphatic carbocycles. The second-order valence-corrected chi connectivity index (χ2v) is 8.49. The van der Waals surface area contributed by atoms with Gasteiger partial charge in [0.05, 0.1) is 22.7 Å². The van der Waals surface area contributed by atoms with Gasteiger partial charge in [0.1, 0.15) is 5.60 Å². The molecule has 1 aromatic carbocycles. The Morgan fingerprint density at radius 1 is 1.22 bits per heavy atom. The van der Waals surface area contributed by atoms with Crippen molar-refractivity contribution in [2.24, 2.45) is 0 Å². The van der Waals surface area contributed by atoms with Gasteiger partial charge >= 0.3 is 6.09 Å². The Labute approximate surface area is 165 Å². The van der Waals surface area contributed by atoms with E-state index in [9.17, 15) is 14.7 Å². The van der Waals surface area contributed by atoms with Gasteiger partial charge in [0.25, 0.3) is 5.91 Å². The number of carbonyl (C=O) groups is 2. The van der Waals surface area contributed by atoms with Crippen LogP contribution in [0.15, 0.2) is 18.2 Å². The highest BCUT2D eigenvalue weighted by atomic mass is 35.5. The molecule has 1 aromatic rings. The van der Waals surface area contributed by atoms with E-state index >= 15 is 0 Å². The highest BCUT2D eigenvalue weighted by molar-refractivity contribution is 6.33. The van der Waals surface area contributed by atoms with Crippen LogP contribution in [-0.2, 0) is 4.74 Å². The number of hydrogen-bond acceptors (Lipinski definition) is 4. The molecule has 1 aliphatic rings. The summed E-state index contributed by atoms with van der Waals surface area (Å²) in [4.78, 5) is 24.4. The molecule has 0 saturated heterocycles. The lowest BCUT2D eigenvalue weighted by atomic mass is 9.93. The van der Waals surface area contributed by atoms with Crippen molar-refractivity contribution in [3.8, 4) is 0 Å². The number of aliphatic hydroxyl groups is 1. The molecule has 0 aromatic heterocycles. The maximum Gasteiger partial charge on any atom is 0.408 e. The average molecular weight is 397 g/mol. The fourth-order valence-corrected chi connectivity index (χ4v) is 3.31. The van der Waals surface area contributed by atoms with Gasteiger partial charge in [0, 0.05) is 6.04 Å². The molecule has 2 amide bonds. The molecule has 7 heteroatoms. The summed E-state index contributed by atoms with van der Waals surface area (Å²) in [6.07, 6.45) is 2.16. The van der Waals surface area contributed by atoms with E-state index in [0.717, 1.165) is 18.4 Å². The van der Waals surface area contributed by atoms with Crippen molar-refractivity contribution in [2.45, 2.75) is 77.2 Å². The summed E-state index contributed by atoms with van der Waals surface area (Å²) in [5.41, 5.74) is 0.609. The van der Waals surface area contributed by atoms with Crippen LogP contribution in [-0.4, -0.2) is 34.9 Å². The summed E-state index contributed by atoms with van der Waals surface area (Å²) in [7, 11) is 0. The molecule has 0 spiro atoms. The van der Waals surface area contributed by atoms with E-state index in [-0.39, 0.29) is 24.1 Å². The lowest BCUT2D eigenvalue weighted by molar-refractivity contribution is 0.0507. The quantitative estimate of drug-likeness (QED) is 0.718. The van der Waals surface area contributed by atoms with Crippen molar-refractivity contribution in [1.29, 1.82) is 0 Å². The molecule has 1 fully saturated rings. The largest absolute Gasteiger partial charge is 0.444 e. The third kappa shape index (κ3) is 6.70. The molecular formula is C20H29ClN2O4. The predicted octanol–water partition coefficient (Wildman–Crippen LogP) is 3.96. The minimum atomic E-state index is -0.571. The first-order valence-corrected chi connectivity index (χ1v) is 9.71. The summed E-state index contributed by atoms with van der Waals surface area (Å²) in [5, 5.41) is 15.6. The zero-order valence-corrected chi connectivity index (χ0v) is 17.1. The molecule has 150 valence electrons. The smallest absolute Gasteiger partial charge is 0.408 e. The summed E-state index contributed by atoms with van der Waals surface area (Å²) >= 11 is 6.31. The molecule has 0 radical (unpaired) electrons. The maximum atomic E-state index is 12.5. The SMILES string of the molecule is CC(NC(=O)OC(C)(C)C)c1ccc(C(=O)NC2CCC(O)CC2)c(Cl)c1. The third-order valence-electron chi connectivity index (χ3n) is 4.50. The van der Waals surface area contributed by atoms with Crippen LogP contribution in [0.3, 0.4) is 0 Å². The van der Waals surface area contributed by atoms with Crippen molar-refractivity contribution in [3.05, 3.63) is 34.3 Å². The van der Waals surface area contributed by atoms with Gasteiger partial charge in [-0.25, -0.2) is 4.79 Å². The number of benzene rings is 1. The second kappa shape index (κ2) is 8.93. The van der Waals surface area contributed by atoms with E-state index < -0.39 is 11.7 Å². The van der Waals surface area contributed by atoms with E-state index in [4.69, 9.17) is 16.3 Å². The molecule has 1 unspecified atom stereocenters. The minimum absolute atomic E-state index is 0.0596. The molecule has 1 saturated carbocycles. The summed E-state index contributed by atoms with van der Waals surface area (Å²) in [5.74, 6) is -0.222. The number of nitrogens with one attached hydrogen (secondary N) is 2. The van der Waals surface area contributed by atoms with Crippen LogP contribution in [0.25, 0.3) is 0 Å². The van der Waals surface area contributed by atoms with Crippen molar-refractivity contribution in [2.75, 3.05) is 0 Å². The van der Waals surface area contributed by atoms with Gasteiger partial charge in [-0.3, -0.25) is 4.79 Å². The van der Waals surface area contributed by atoms with E-state index in [2.05, 4.69) is 10.6 Å². The number of rotatable bonds is 4. The summed E-state index contributed by atoms with van der Waals surface area (Å²) in [6, 6.07) is 4.87. The number of ether oxygens (including phenoxy) is 1. The van der Waals surface area contributed by atoms with Gasteiger partial charge in [0.15, 0.2) is 0 Å². The standard InChI is InChI=1S/C20H29ClN2O4/c1-12(22-19(26)27-20(2,3)4)13-5-10-16(17(21)11-13)18(25)23-14-6-8-15(24)9-7-14/h5,10-12,14-15,24H,6-9H2,1-4H3,(H,22,26)(H,23,25). The first-order chi connectivity index (χ1) is 12.5. The van der Waals surface area contributed by atoms with Gasteiger partial charge in [-0.05, 0) is 71.1 Å². The number of amides is 2. The molecule has 27 heavy (non-hydrogen) atoms. The van der Waals surface area contributed by atoms with E-state index in [1.165, 1.54) is 0 Å². The zero-order chi connectivity index (χ0) is 20.2. The molecule has 0 bridgehead atoms. The normalized spacial score (nSPS) is 21.3. The van der Waals surface area contributed by atoms with Crippen LogP contribution in [0.5, 0.6) is 0 Å². The average Bonchev–Trinajstić information content (AvgIpc) is 2.54. The minimum Gasteiger partial charge on any atom is -0.444 e. The van der Waals surface area contributed by atoms with Crippen LogP contribution in [0.2, 0.25) is 5.02 Å². The molecule has 3 N–H and O–H groups in total. The Kier molecular flexibility index (Phi) is 7.12.